The molecule has 0 aliphatic carbocycles. The van der Waals surface area contributed by atoms with Crippen LogP contribution >= 0.6 is 11.6 Å². The monoisotopic (exact) mass is 385 g/mol. The maximum atomic E-state index is 12.4. The zero-order valence-corrected chi connectivity index (χ0v) is 15.7. The van der Waals surface area contributed by atoms with E-state index in [9.17, 15) is 14.4 Å². The molecule has 140 valence electrons. The van der Waals surface area contributed by atoms with Gasteiger partial charge in [0.25, 0.3) is 0 Å². The summed E-state index contributed by atoms with van der Waals surface area (Å²) in [6, 6.07) is 14.0. The second-order valence-electron chi connectivity index (χ2n) is 6.43. The van der Waals surface area contributed by atoms with Crippen LogP contribution in [0.2, 0.25) is 5.02 Å². The third-order valence-electron chi connectivity index (χ3n) is 4.63. The number of hydrogen-bond acceptors (Lipinski definition) is 4. The van der Waals surface area contributed by atoms with Gasteiger partial charge in [0.15, 0.2) is 12.4 Å². The van der Waals surface area contributed by atoms with E-state index in [0.717, 1.165) is 17.7 Å². The highest BCUT2D eigenvalue weighted by molar-refractivity contribution is 6.30. The van der Waals surface area contributed by atoms with Crippen molar-refractivity contribution in [2.24, 2.45) is 5.92 Å². The SMILES string of the molecule is CCc1ccccc1N1C[C@H](C(=O)OCC(=O)c2ccc(Cl)cc2)CC1=O. The van der Waals surface area contributed by atoms with Gasteiger partial charge in [-0.1, -0.05) is 36.7 Å². The standard InChI is InChI=1S/C21H20ClNO4/c1-2-14-5-3-4-6-18(14)23-12-16(11-20(23)25)21(26)27-13-19(24)15-7-9-17(22)10-8-15/h3-10,16H,2,11-13H2,1H3/t16-/m1/s1. The average molecular weight is 386 g/mol. The molecule has 27 heavy (non-hydrogen) atoms. The minimum Gasteiger partial charge on any atom is -0.457 e. The van der Waals surface area contributed by atoms with Crippen LogP contribution in [0.15, 0.2) is 48.5 Å². The van der Waals surface area contributed by atoms with Crippen molar-refractivity contribution in [3.8, 4) is 0 Å². The Morgan fingerprint density at radius 2 is 1.85 bits per heavy atom. The van der Waals surface area contributed by atoms with Gasteiger partial charge in [-0.05, 0) is 42.3 Å². The number of carbonyl (C=O) groups is 3. The van der Waals surface area contributed by atoms with Gasteiger partial charge < -0.3 is 9.64 Å². The predicted octanol–water partition coefficient (Wildman–Crippen LogP) is 3.68. The molecule has 0 N–H and O–H groups in total. The summed E-state index contributed by atoms with van der Waals surface area (Å²) in [6.45, 7) is 1.94. The maximum Gasteiger partial charge on any atom is 0.311 e. The van der Waals surface area contributed by atoms with Gasteiger partial charge in [-0.15, -0.1) is 0 Å². The zero-order chi connectivity index (χ0) is 19.4. The predicted molar refractivity (Wildman–Crippen MR) is 103 cm³/mol. The third kappa shape index (κ3) is 4.37. The molecule has 1 atom stereocenters. The summed E-state index contributed by atoms with van der Waals surface area (Å²) < 4.78 is 5.16. The Labute approximate surface area is 162 Å². The summed E-state index contributed by atoms with van der Waals surface area (Å²) in [7, 11) is 0. The lowest BCUT2D eigenvalue weighted by molar-refractivity contribution is -0.147. The lowest BCUT2D eigenvalue weighted by atomic mass is 10.1. The third-order valence-corrected chi connectivity index (χ3v) is 4.89. The molecule has 1 heterocycles. The first-order valence-corrected chi connectivity index (χ1v) is 9.21. The zero-order valence-electron chi connectivity index (χ0n) is 15.0. The number of esters is 1. The van der Waals surface area contributed by atoms with Crippen molar-refractivity contribution in [2.75, 3.05) is 18.1 Å². The van der Waals surface area contributed by atoms with Crippen LogP contribution in [0.3, 0.4) is 0 Å². The molecule has 1 amide bonds. The Morgan fingerprint density at radius 3 is 2.56 bits per heavy atom. The molecule has 0 bridgehead atoms. The molecular weight excluding hydrogens is 366 g/mol. The van der Waals surface area contributed by atoms with Crippen molar-refractivity contribution in [3.05, 3.63) is 64.7 Å². The number of ether oxygens (including phenoxy) is 1. The van der Waals surface area contributed by atoms with Crippen LogP contribution in [-0.4, -0.2) is 30.8 Å². The lowest BCUT2D eigenvalue weighted by Gasteiger charge is -2.19. The second kappa shape index (κ2) is 8.35. The largest absolute Gasteiger partial charge is 0.457 e. The van der Waals surface area contributed by atoms with E-state index in [2.05, 4.69) is 0 Å². The highest BCUT2D eigenvalue weighted by Crippen LogP contribution is 2.29. The van der Waals surface area contributed by atoms with E-state index >= 15 is 0 Å². The van der Waals surface area contributed by atoms with E-state index in [1.165, 1.54) is 0 Å². The number of aryl methyl sites for hydroxylation is 1. The van der Waals surface area contributed by atoms with Crippen LogP contribution in [0.1, 0.15) is 29.3 Å². The van der Waals surface area contributed by atoms with Gasteiger partial charge in [0, 0.05) is 29.2 Å². The number of benzene rings is 2. The molecule has 0 saturated carbocycles. The summed E-state index contributed by atoms with van der Waals surface area (Å²) in [5.74, 6) is -1.51. The molecule has 1 aliphatic rings. The summed E-state index contributed by atoms with van der Waals surface area (Å²) >= 11 is 5.80. The first-order chi connectivity index (χ1) is 13.0. The van der Waals surface area contributed by atoms with Crippen molar-refractivity contribution in [2.45, 2.75) is 19.8 Å². The van der Waals surface area contributed by atoms with Gasteiger partial charge in [-0.3, -0.25) is 14.4 Å². The lowest BCUT2D eigenvalue weighted by Crippen LogP contribution is -2.28. The molecule has 0 spiro atoms. The molecule has 0 unspecified atom stereocenters. The first kappa shape index (κ1) is 19.1. The topological polar surface area (TPSA) is 63.7 Å². The number of para-hydroxylation sites is 1. The van der Waals surface area contributed by atoms with Gasteiger partial charge in [0.1, 0.15) is 0 Å². The van der Waals surface area contributed by atoms with E-state index in [4.69, 9.17) is 16.3 Å². The second-order valence-corrected chi connectivity index (χ2v) is 6.86. The number of nitrogens with zero attached hydrogens (tertiary/aromatic N) is 1. The molecule has 6 heteroatoms. The summed E-state index contributed by atoms with van der Waals surface area (Å²) in [6.07, 6.45) is 0.886. The Morgan fingerprint density at radius 1 is 1.15 bits per heavy atom. The Balaban J connectivity index is 1.60. The molecule has 1 fully saturated rings. The number of carbonyl (C=O) groups excluding carboxylic acids is 3. The van der Waals surface area contributed by atoms with Crippen molar-refractivity contribution < 1.29 is 19.1 Å². The summed E-state index contributed by atoms with van der Waals surface area (Å²) in [5.41, 5.74) is 2.31. The maximum absolute atomic E-state index is 12.4. The van der Waals surface area contributed by atoms with E-state index in [1.54, 1.807) is 29.2 Å². The molecule has 5 nitrogen and oxygen atoms in total. The van der Waals surface area contributed by atoms with Crippen LogP contribution in [0.5, 0.6) is 0 Å². The van der Waals surface area contributed by atoms with E-state index in [0.29, 0.717) is 10.6 Å². The van der Waals surface area contributed by atoms with Crippen molar-refractivity contribution in [1.82, 2.24) is 0 Å². The van der Waals surface area contributed by atoms with Gasteiger partial charge in [-0.25, -0.2) is 0 Å². The number of hydrogen-bond donors (Lipinski definition) is 0. The minimum absolute atomic E-state index is 0.0893. The molecule has 0 aromatic heterocycles. The smallest absolute Gasteiger partial charge is 0.311 e. The fraction of sp³-hybridized carbons (Fsp3) is 0.286. The van der Waals surface area contributed by atoms with Crippen molar-refractivity contribution in [1.29, 1.82) is 0 Å². The molecule has 2 aromatic carbocycles. The Kier molecular flexibility index (Phi) is 5.91. The normalized spacial score (nSPS) is 16.4. The fourth-order valence-corrected chi connectivity index (χ4v) is 3.27. The van der Waals surface area contributed by atoms with Crippen molar-refractivity contribution >= 4 is 34.9 Å². The molecule has 3 rings (SSSR count). The number of halogens is 1. The highest BCUT2D eigenvalue weighted by Gasteiger charge is 2.37. The van der Waals surface area contributed by atoms with Gasteiger partial charge in [0.2, 0.25) is 5.91 Å². The molecule has 1 saturated heterocycles. The minimum atomic E-state index is -0.569. The van der Waals surface area contributed by atoms with Gasteiger partial charge in [0.05, 0.1) is 5.92 Å². The number of Topliss-reactive ketones (excluding diaryl/α,β-unsaturated/α-hetero) is 1. The summed E-state index contributed by atoms with van der Waals surface area (Å²) in [4.78, 5) is 38.5. The Bertz CT molecular complexity index is 863. The van der Waals surface area contributed by atoms with E-state index in [1.807, 2.05) is 31.2 Å². The number of ketones is 1. The Hall–Kier alpha value is -2.66. The van der Waals surface area contributed by atoms with E-state index in [-0.39, 0.29) is 31.3 Å². The number of rotatable bonds is 6. The molecule has 1 aliphatic heterocycles. The number of anilines is 1. The van der Waals surface area contributed by atoms with Crippen LogP contribution in [-0.2, 0) is 20.7 Å². The number of amides is 1. The van der Waals surface area contributed by atoms with Gasteiger partial charge >= 0.3 is 5.97 Å². The van der Waals surface area contributed by atoms with Crippen molar-refractivity contribution in [3.63, 3.8) is 0 Å². The molecule has 0 radical (unpaired) electrons. The highest BCUT2D eigenvalue weighted by atomic mass is 35.5. The molecular formula is C21H20ClNO4. The first-order valence-electron chi connectivity index (χ1n) is 8.83. The van der Waals surface area contributed by atoms with Crippen LogP contribution in [0.25, 0.3) is 0 Å². The van der Waals surface area contributed by atoms with Crippen LogP contribution < -0.4 is 4.90 Å². The fourth-order valence-electron chi connectivity index (χ4n) is 3.15. The van der Waals surface area contributed by atoms with Crippen LogP contribution in [0, 0.1) is 5.92 Å². The average Bonchev–Trinajstić information content (AvgIpc) is 3.08. The van der Waals surface area contributed by atoms with Crippen LogP contribution in [0.4, 0.5) is 5.69 Å². The molecule has 2 aromatic rings. The quantitative estimate of drug-likeness (QED) is 0.562. The van der Waals surface area contributed by atoms with Gasteiger partial charge in [-0.2, -0.15) is 0 Å². The summed E-state index contributed by atoms with van der Waals surface area (Å²) in [5, 5.41) is 0.528. The van der Waals surface area contributed by atoms with E-state index < -0.39 is 11.9 Å².